The molecule has 0 amide bonds. The van der Waals surface area contributed by atoms with E-state index in [1.54, 1.807) is 36.4 Å². The van der Waals surface area contributed by atoms with Gasteiger partial charge < -0.3 is 4.74 Å². The number of aromatic nitrogens is 3. The molecule has 0 fully saturated rings. The summed E-state index contributed by atoms with van der Waals surface area (Å²) in [4.78, 5) is 5.16. The lowest BCUT2D eigenvalue weighted by molar-refractivity contribution is 0.377. The van der Waals surface area contributed by atoms with Crippen LogP contribution in [-0.2, 0) is 5.41 Å². The Bertz CT molecular complexity index is 3060. The van der Waals surface area contributed by atoms with Gasteiger partial charge in [0.1, 0.15) is 11.5 Å². The van der Waals surface area contributed by atoms with Gasteiger partial charge in [0.05, 0.1) is 22.1 Å². The van der Waals surface area contributed by atoms with Gasteiger partial charge in [-0.3, -0.25) is 8.97 Å². The zero-order valence-corrected chi connectivity index (χ0v) is 30.0. The average molecular weight is 709 g/mol. The van der Waals surface area contributed by atoms with Crippen LogP contribution >= 0.6 is 0 Å². The summed E-state index contributed by atoms with van der Waals surface area (Å²) in [6.07, 6.45) is -5.53. The number of benzene rings is 7. The summed E-state index contributed by atoms with van der Waals surface area (Å²) in [5.41, 5.74) is 2.73. The van der Waals surface area contributed by atoms with E-state index in [4.69, 9.17) is 13.8 Å². The third kappa shape index (κ3) is 4.44. The molecule has 1 atom stereocenters. The Morgan fingerprint density at radius 2 is 1.25 bits per heavy atom. The summed E-state index contributed by atoms with van der Waals surface area (Å²) < 4.78 is 75.3. The van der Waals surface area contributed by atoms with Crippen LogP contribution in [0.1, 0.15) is 47.2 Å². The van der Waals surface area contributed by atoms with E-state index < -0.39 is 33.1 Å². The molecule has 2 aromatic heterocycles. The van der Waals surface area contributed by atoms with Crippen molar-refractivity contribution in [3.05, 3.63) is 187 Å². The number of hydrogen-bond donors (Lipinski definition) is 0. The Morgan fingerprint density at radius 1 is 0.623 bits per heavy atom. The summed E-state index contributed by atoms with van der Waals surface area (Å²) in [6.45, 7) is -1.95. The van der Waals surface area contributed by atoms with Crippen molar-refractivity contribution in [1.82, 2.24) is 14.0 Å². The Labute approximate surface area is 320 Å². The van der Waals surface area contributed by atoms with Crippen molar-refractivity contribution in [3.8, 4) is 17.2 Å². The second-order valence-corrected chi connectivity index (χ2v) is 17.3. The molecule has 0 saturated heterocycles. The van der Waals surface area contributed by atoms with Crippen molar-refractivity contribution in [3.63, 3.8) is 0 Å². The molecule has 1 aliphatic heterocycles. The summed E-state index contributed by atoms with van der Waals surface area (Å²) in [5.74, 6) is 1.23. The topological polar surface area (TPSA) is 31.5 Å². The van der Waals surface area contributed by atoms with Crippen molar-refractivity contribution in [2.75, 3.05) is 0 Å². The third-order valence-corrected chi connectivity index (χ3v) is 15.7. The fraction of sp³-hybridized carbons (Fsp3) is 0.104. The van der Waals surface area contributed by atoms with Gasteiger partial charge in [-0.15, -0.1) is 0 Å². The maximum atomic E-state index is 9.55. The Hall–Kier alpha value is -6.17. The van der Waals surface area contributed by atoms with Crippen LogP contribution in [0.2, 0.25) is 0 Å². The zero-order valence-electron chi connectivity index (χ0n) is 36.0. The molecule has 10 rings (SSSR count). The molecule has 0 bridgehead atoms. The number of para-hydroxylation sites is 6. The molecular formula is C48H39N3OSi. The highest BCUT2D eigenvalue weighted by Crippen LogP contribution is 2.51. The van der Waals surface area contributed by atoms with E-state index >= 15 is 0 Å². The molecule has 9 aromatic rings. The number of imidazole rings is 2. The lowest BCUT2D eigenvalue weighted by Gasteiger charge is -2.43. The first-order valence-electron chi connectivity index (χ1n) is 21.3. The van der Waals surface area contributed by atoms with Crippen molar-refractivity contribution in [2.45, 2.75) is 31.9 Å². The second kappa shape index (κ2) is 12.2. The molecule has 1 unspecified atom stereocenters. The lowest BCUT2D eigenvalue weighted by Crippen LogP contribution is -2.75. The van der Waals surface area contributed by atoms with E-state index in [9.17, 15) is 5.48 Å². The molecule has 4 nitrogen and oxygen atoms in total. The molecule has 3 heterocycles. The second-order valence-electron chi connectivity index (χ2n) is 13.5. The molecule has 1 aliphatic rings. The van der Waals surface area contributed by atoms with Crippen molar-refractivity contribution >= 4 is 56.7 Å². The van der Waals surface area contributed by atoms with Crippen LogP contribution in [-0.4, -0.2) is 22.0 Å². The van der Waals surface area contributed by atoms with Crippen LogP contribution in [0.15, 0.2) is 176 Å². The van der Waals surface area contributed by atoms with Gasteiger partial charge in [0.15, 0.2) is 8.07 Å². The molecule has 0 aliphatic carbocycles. The largest absolute Gasteiger partial charge is 0.457 e. The minimum Gasteiger partial charge on any atom is -0.457 e. The number of nitrogens with zero attached hydrogens (tertiary/aromatic N) is 3. The van der Waals surface area contributed by atoms with Gasteiger partial charge in [0, 0.05) is 31.8 Å². The van der Waals surface area contributed by atoms with E-state index in [2.05, 4.69) is 75.7 Å². The van der Waals surface area contributed by atoms with Gasteiger partial charge in [-0.25, -0.2) is 4.98 Å². The minimum atomic E-state index is -3.59. The molecule has 0 radical (unpaired) electrons. The van der Waals surface area contributed by atoms with E-state index in [1.807, 2.05) is 72.8 Å². The van der Waals surface area contributed by atoms with Crippen LogP contribution in [0.5, 0.6) is 11.5 Å². The van der Waals surface area contributed by atoms with E-state index in [1.165, 1.54) is 6.92 Å². The smallest absolute Gasteiger partial charge is 0.220 e. The number of hydrogen-bond acceptors (Lipinski definition) is 2. The van der Waals surface area contributed by atoms with Crippen LogP contribution in [0.3, 0.4) is 0 Å². The van der Waals surface area contributed by atoms with Crippen LogP contribution < -0.4 is 25.5 Å². The molecule has 7 aromatic carbocycles. The predicted molar refractivity (Wildman–Crippen MR) is 221 cm³/mol. The van der Waals surface area contributed by atoms with Crippen LogP contribution in [0.25, 0.3) is 33.5 Å². The highest BCUT2D eigenvalue weighted by Gasteiger charge is 2.48. The summed E-state index contributed by atoms with van der Waals surface area (Å²) in [6, 6.07) is 57.4. The highest BCUT2D eigenvalue weighted by atomic mass is 28.3. The molecular weight excluding hydrogens is 663 g/mol. The monoisotopic (exact) mass is 708 g/mol. The van der Waals surface area contributed by atoms with Gasteiger partial charge in [-0.2, -0.15) is 0 Å². The maximum Gasteiger partial charge on any atom is 0.220 e. The third-order valence-electron chi connectivity index (χ3n) is 10.9. The standard InChI is InChI=1S/C48H39N3OSi/c1-3-48(4-2)38-25-11-16-31-44(38)52-46-39(48)26-18-32-45(46)53(35-20-7-5-8-21-35,36-22-9-6-10-23-36)37-24-17-19-34(33-37)50-42-29-14-15-30-43(42)51-41-28-13-12-27-40(41)49-47(50)51/h5-33H,3-4H2,1-2H3/i1D3,3D2,4D2. The van der Waals surface area contributed by atoms with Gasteiger partial charge in [-0.05, 0) is 76.0 Å². The van der Waals surface area contributed by atoms with Crippen molar-refractivity contribution in [2.24, 2.45) is 0 Å². The first kappa shape index (κ1) is 24.9. The Kier molecular flexibility index (Phi) is 5.74. The van der Waals surface area contributed by atoms with Crippen molar-refractivity contribution in [1.29, 1.82) is 0 Å². The highest BCUT2D eigenvalue weighted by molar-refractivity contribution is 7.20. The first-order chi connectivity index (χ1) is 28.8. The van der Waals surface area contributed by atoms with E-state index in [0.29, 0.717) is 0 Å². The first-order valence-corrected chi connectivity index (χ1v) is 19.8. The fourth-order valence-corrected chi connectivity index (χ4v) is 13.6. The van der Waals surface area contributed by atoms with Gasteiger partial charge in [0.2, 0.25) is 5.78 Å². The minimum absolute atomic E-state index is 0.146. The van der Waals surface area contributed by atoms with Gasteiger partial charge in [0.25, 0.3) is 0 Å². The fourth-order valence-electron chi connectivity index (χ4n) is 8.65. The van der Waals surface area contributed by atoms with Gasteiger partial charge in [-0.1, -0.05) is 147 Å². The lowest BCUT2D eigenvalue weighted by atomic mass is 9.69. The normalized spacial score (nSPS) is 18.1. The molecule has 5 heteroatoms. The summed E-state index contributed by atoms with van der Waals surface area (Å²) in [7, 11) is -3.59. The van der Waals surface area contributed by atoms with Crippen LogP contribution in [0, 0.1) is 0 Å². The number of ether oxygens (including phenoxy) is 1. The summed E-state index contributed by atoms with van der Waals surface area (Å²) >= 11 is 0. The average Bonchev–Trinajstić information content (AvgIpc) is 3.78. The maximum absolute atomic E-state index is 9.55. The van der Waals surface area contributed by atoms with E-state index in [-0.39, 0.29) is 22.6 Å². The zero-order chi connectivity index (χ0) is 41.7. The molecule has 0 spiro atoms. The number of rotatable bonds is 7. The number of fused-ring (bicyclic) bond motifs is 7. The van der Waals surface area contributed by atoms with Crippen molar-refractivity contribution < 1.29 is 14.3 Å². The van der Waals surface area contributed by atoms with E-state index in [0.717, 1.165) is 54.3 Å². The molecule has 53 heavy (non-hydrogen) atoms. The SMILES string of the molecule is [2H]C([2H])([2H])C([2H])([2H])C1(C([2H])([2H])C)c2ccccc2Oc2c1cccc2[Si](c1ccccc1)(c1ccccc1)c1cccc(-n2c3ccccc3n3c4ccccc4nc23)c1. The molecule has 256 valence electrons. The molecule has 0 saturated carbocycles. The summed E-state index contributed by atoms with van der Waals surface area (Å²) in [5, 5.41) is 3.71. The molecule has 0 N–H and O–H groups in total. The van der Waals surface area contributed by atoms with Gasteiger partial charge >= 0.3 is 0 Å². The Balaban J connectivity index is 1.35. The Morgan fingerprint density at radius 3 is 2.00 bits per heavy atom. The predicted octanol–water partition coefficient (Wildman–Crippen LogP) is 9.02. The quantitative estimate of drug-likeness (QED) is 0.122. The van der Waals surface area contributed by atoms with Crippen LogP contribution in [0.4, 0.5) is 0 Å².